The van der Waals surface area contributed by atoms with Gasteiger partial charge in [-0.2, -0.15) is 0 Å². The minimum absolute atomic E-state index is 0.0163. The van der Waals surface area contributed by atoms with Gasteiger partial charge in [-0.25, -0.2) is 0 Å². The third-order valence-corrected chi connectivity index (χ3v) is 5.20. The maximum absolute atomic E-state index is 12.8. The second kappa shape index (κ2) is 7.81. The zero-order valence-corrected chi connectivity index (χ0v) is 14.8. The molecule has 1 aromatic heterocycles. The molecule has 1 atom stereocenters. The third kappa shape index (κ3) is 4.16. The first-order chi connectivity index (χ1) is 11.6. The van der Waals surface area contributed by atoms with Gasteiger partial charge in [0, 0.05) is 18.1 Å². The molecular formula is C18H19ClN2O2S. The van der Waals surface area contributed by atoms with Gasteiger partial charge >= 0.3 is 0 Å². The quantitative estimate of drug-likeness (QED) is 0.901. The van der Waals surface area contributed by atoms with E-state index < -0.39 is 6.04 Å². The molecule has 1 aliphatic rings. The predicted octanol–water partition coefficient (Wildman–Crippen LogP) is 3.71. The van der Waals surface area contributed by atoms with E-state index in [0.717, 1.165) is 18.4 Å². The normalized spacial score (nSPS) is 18.3. The second-order valence-electron chi connectivity index (χ2n) is 5.89. The summed E-state index contributed by atoms with van der Waals surface area (Å²) in [5.74, 6) is -0.190. The number of nitrogens with one attached hydrogen (secondary N) is 1. The highest BCUT2D eigenvalue weighted by molar-refractivity contribution is 7.12. The SMILES string of the molecule is O=C(NC1CCCCN(Cc2cccc(Cl)c2)C1=O)c1cccs1. The molecule has 126 valence electrons. The smallest absolute Gasteiger partial charge is 0.261 e. The molecule has 2 amide bonds. The highest BCUT2D eigenvalue weighted by Gasteiger charge is 2.28. The summed E-state index contributed by atoms with van der Waals surface area (Å²) in [5.41, 5.74) is 1.00. The lowest BCUT2D eigenvalue weighted by molar-refractivity contribution is -0.133. The first-order valence-electron chi connectivity index (χ1n) is 8.01. The van der Waals surface area contributed by atoms with Gasteiger partial charge in [0.25, 0.3) is 5.91 Å². The molecule has 0 aliphatic carbocycles. The Bertz CT molecular complexity index is 718. The minimum Gasteiger partial charge on any atom is -0.340 e. The highest BCUT2D eigenvalue weighted by Crippen LogP contribution is 2.18. The second-order valence-corrected chi connectivity index (χ2v) is 7.27. The van der Waals surface area contributed by atoms with Crippen molar-refractivity contribution >= 4 is 34.8 Å². The summed E-state index contributed by atoms with van der Waals surface area (Å²) in [6.07, 6.45) is 2.55. The van der Waals surface area contributed by atoms with Crippen molar-refractivity contribution in [3.05, 3.63) is 57.2 Å². The first kappa shape index (κ1) is 17.0. The molecule has 1 aliphatic heterocycles. The average molecular weight is 363 g/mol. The molecule has 0 spiro atoms. The summed E-state index contributed by atoms with van der Waals surface area (Å²) in [5, 5.41) is 5.41. The fourth-order valence-corrected chi connectivity index (χ4v) is 3.73. The van der Waals surface area contributed by atoms with Crippen LogP contribution in [0.25, 0.3) is 0 Å². The summed E-state index contributed by atoms with van der Waals surface area (Å²) in [6, 6.07) is 10.7. The zero-order valence-electron chi connectivity index (χ0n) is 13.2. The van der Waals surface area contributed by atoms with Crippen LogP contribution in [0.5, 0.6) is 0 Å². The van der Waals surface area contributed by atoms with E-state index in [0.29, 0.717) is 29.4 Å². The van der Waals surface area contributed by atoms with Crippen molar-refractivity contribution in [3.63, 3.8) is 0 Å². The Morgan fingerprint density at radius 2 is 2.17 bits per heavy atom. The molecule has 1 unspecified atom stereocenters. The number of hydrogen-bond acceptors (Lipinski definition) is 3. The fraction of sp³-hybridized carbons (Fsp3) is 0.333. The average Bonchev–Trinajstić information content (AvgIpc) is 3.05. The van der Waals surface area contributed by atoms with Crippen LogP contribution in [0.15, 0.2) is 41.8 Å². The van der Waals surface area contributed by atoms with Crippen molar-refractivity contribution in [2.75, 3.05) is 6.54 Å². The number of hydrogen-bond donors (Lipinski definition) is 1. The molecule has 1 aromatic carbocycles. The van der Waals surface area contributed by atoms with Crippen molar-refractivity contribution in [2.24, 2.45) is 0 Å². The Kier molecular flexibility index (Phi) is 5.53. The zero-order chi connectivity index (χ0) is 16.9. The lowest BCUT2D eigenvalue weighted by Crippen LogP contribution is -2.47. The van der Waals surface area contributed by atoms with Crippen LogP contribution >= 0.6 is 22.9 Å². The Morgan fingerprint density at radius 3 is 2.92 bits per heavy atom. The van der Waals surface area contributed by atoms with E-state index in [2.05, 4.69) is 5.32 Å². The third-order valence-electron chi connectivity index (χ3n) is 4.09. The largest absolute Gasteiger partial charge is 0.340 e. The lowest BCUT2D eigenvalue weighted by Gasteiger charge is -2.25. The Morgan fingerprint density at radius 1 is 1.29 bits per heavy atom. The van der Waals surface area contributed by atoms with Crippen molar-refractivity contribution in [2.45, 2.75) is 31.8 Å². The standard InChI is InChI=1S/C18H19ClN2O2S/c19-14-6-3-5-13(11-14)12-21-9-2-1-7-15(18(21)23)20-17(22)16-8-4-10-24-16/h3-6,8,10-11,15H,1-2,7,9,12H2,(H,20,22). The van der Waals surface area contributed by atoms with E-state index in [4.69, 9.17) is 11.6 Å². The molecule has 2 heterocycles. The number of benzene rings is 1. The number of likely N-dealkylation sites (tertiary alicyclic amines) is 1. The van der Waals surface area contributed by atoms with Crippen LogP contribution in [0.4, 0.5) is 0 Å². The Balaban J connectivity index is 1.69. The molecule has 3 rings (SSSR count). The summed E-state index contributed by atoms with van der Waals surface area (Å²) in [6.45, 7) is 1.22. The molecule has 1 saturated heterocycles. The first-order valence-corrected chi connectivity index (χ1v) is 9.27. The molecular weight excluding hydrogens is 344 g/mol. The van der Waals surface area contributed by atoms with Crippen LogP contribution in [-0.4, -0.2) is 29.3 Å². The Labute approximate surface area is 150 Å². The van der Waals surface area contributed by atoms with Crippen molar-refractivity contribution in [3.8, 4) is 0 Å². The van der Waals surface area contributed by atoms with Gasteiger partial charge in [0.15, 0.2) is 0 Å². The van der Waals surface area contributed by atoms with Gasteiger partial charge in [-0.3, -0.25) is 9.59 Å². The van der Waals surface area contributed by atoms with E-state index in [-0.39, 0.29) is 11.8 Å². The number of rotatable bonds is 4. The number of carbonyl (C=O) groups is 2. The van der Waals surface area contributed by atoms with Crippen molar-refractivity contribution in [1.29, 1.82) is 0 Å². The topological polar surface area (TPSA) is 49.4 Å². The van der Waals surface area contributed by atoms with E-state index >= 15 is 0 Å². The van der Waals surface area contributed by atoms with E-state index in [1.54, 1.807) is 6.07 Å². The van der Waals surface area contributed by atoms with E-state index in [9.17, 15) is 9.59 Å². The Hall–Kier alpha value is -1.85. The van der Waals surface area contributed by atoms with E-state index in [1.807, 2.05) is 40.6 Å². The number of amides is 2. The van der Waals surface area contributed by atoms with E-state index in [1.165, 1.54) is 11.3 Å². The summed E-state index contributed by atoms with van der Waals surface area (Å²) >= 11 is 7.41. The molecule has 1 N–H and O–H groups in total. The summed E-state index contributed by atoms with van der Waals surface area (Å²) < 4.78 is 0. The maximum Gasteiger partial charge on any atom is 0.261 e. The summed E-state index contributed by atoms with van der Waals surface area (Å²) in [4.78, 5) is 27.5. The highest BCUT2D eigenvalue weighted by atomic mass is 35.5. The molecule has 4 nitrogen and oxygen atoms in total. The van der Waals surface area contributed by atoms with Gasteiger partial charge < -0.3 is 10.2 Å². The van der Waals surface area contributed by atoms with Crippen LogP contribution < -0.4 is 5.32 Å². The van der Waals surface area contributed by atoms with Crippen LogP contribution in [0.1, 0.15) is 34.5 Å². The van der Waals surface area contributed by atoms with Gasteiger partial charge in [0.05, 0.1) is 4.88 Å². The molecule has 0 saturated carbocycles. The van der Waals surface area contributed by atoms with Crippen LogP contribution in [-0.2, 0) is 11.3 Å². The van der Waals surface area contributed by atoms with Gasteiger partial charge in [-0.1, -0.05) is 29.8 Å². The fourth-order valence-electron chi connectivity index (χ4n) is 2.89. The minimum atomic E-state index is -0.457. The van der Waals surface area contributed by atoms with Crippen molar-refractivity contribution in [1.82, 2.24) is 10.2 Å². The van der Waals surface area contributed by atoms with Gasteiger partial charge in [-0.15, -0.1) is 11.3 Å². The summed E-state index contributed by atoms with van der Waals surface area (Å²) in [7, 11) is 0. The van der Waals surface area contributed by atoms with Crippen LogP contribution in [0.3, 0.4) is 0 Å². The van der Waals surface area contributed by atoms with Crippen molar-refractivity contribution < 1.29 is 9.59 Å². The number of nitrogens with zero attached hydrogens (tertiary/aromatic N) is 1. The molecule has 0 radical (unpaired) electrons. The van der Waals surface area contributed by atoms with Gasteiger partial charge in [-0.05, 0) is 48.4 Å². The van der Waals surface area contributed by atoms with Crippen LogP contribution in [0.2, 0.25) is 5.02 Å². The molecule has 2 aromatic rings. The number of halogens is 1. The number of carbonyl (C=O) groups excluding carboxylic acids is 2. The number of thiophene rings is 1. The van der Waals surface area contributed by atoms with Crippen LogP contribution in [0, 0.1) is 0 Å². The van der Waals surface area contributed by atoms with Gasteiger partial charge in [0.2, 0.25) is 5.91 Å². The molecule has 6 heteroatoms. The molecule has 0 bridgehead atoms. The monoisotopic (exact) mass is 362 g/mol. The van der Waals surface area contributed by atoms with Gasteiger partial charge in [0.1, 0.15) is 6.04 Å². The predicted molar refractivity (Wildman–Crippen MR) is 96.3 cm³/mol. The maximum atomic E-state index is 12.8. The molecule has 1 fully saturated rings. The lowest BCUT2D eigenvalue weighted by atomic mass is 10.1. The molecule has 24 heavy (non-hydrogen) atoms.